The van der Waals surface area contributed by atoms with Crippen LogP contribution in [0.3, 0.4) is 0 Å². The van der Waals surface area contributed by atoms with Crippen molar-refractivity contribution in [3.05, 3.63) is 36.4 Å². The minimum atomic E-state index is 0.433. The topological polar surface area (TPSA) is 17.6 Å². The van der Waals surface area contributed by atoms with Crippen LogP contribution in [0, 0.1) is 5.41 Å². The van der Waals surface area contributed by atoms with Crippen molar-refractivity contribution < 1.29 is 9.13 Å². The van der Waals surface area contributed by atoms with Crippen LogP contribution in [0.1, 0.15) is 11.6 Å². The molecule has 0 aliphatic carbocycles. The number of nitrogens with zero attached hydrogens (tertiary/aromatic N) is 4. The van der Waals surface area contributed by atoms with Crippen molar-refractivity contribution in [3.8, 4) is 0 Å². The molecule has 88 valence electrons. The quantitative estimate of drug-likeness (QED) is 0.555. The van der Waals surface area contributed by atoms with Gasteiger partial charge in [0.25, 0.3) is 11.6 Å². The van der Waals surface area contributed by atoms with E-state index in [0.717, 1.165) is 0 Å². The first-order chi connectivity index (χ1) is 8.17. The van der Waals surface area contributed by atoms with Crippen LogP contribution in [0.5, 0.6) is 0 Å². The standard InChI is InChI=1S/C13H18N4/c1-14-3-5-16-9-13(7-11(14)16)8-12-15(2)4-6-17(12)10-13/h3-6H,7-10H2,1-2H3/q+2. The summed E-state index contributed by atoms with van der Waals surface area (Å²) in [7, 11) is 4.31. The minimum absolute atomic E-state index is 0.433. The Hall–Kier alpha value is -1.58. The van der Waals surface area contributed by atoms with Gasteiger partial charge in [-0.1, -0.05) is 0 Å². The SMILES string of the molecule is C[n+]1ccn2c1CC1(Cc3n(cc[n+]3C)C1)C2. The second-order valence-corrected chi connectivity index (χ2v) is 5.76. The molecule has 4 rings (SSSR count). The molecule has 4 heteroatoms. The maximum Gasteiger partial charge on any atom is 0.257 e. The van der Waals surface area contributed by atoms with E-state index >= 15 is 0 Å². The molecule has 4 heterocycles. The molecule has 0 saturated heterocycles. The molecule has 0 fully saturated rings. The van der Waals surface area contributed by atoms with Crippen LogP contribution < -0.4 is 9.13 Å². The fourth-order valence-electron chi connectivity index (χ4n) is 3.58. The fraction of sp³-hybridized carbons (Fsp3) is 0.538. The summed E-state index contributed by atoms with van der Waals surface area (Å²) in [6.07, 6.45) is 11.2. The number of rotatable bonds is 0. The third-order valence-corrected chi connectivity index (χ3v) is 4.50. The number of aromatic nitrogens is 4. The zero-order chi connectivity index (χ0) is 11.6. The second kappa shape index (κ2) is 2.81. The molecule has 2 aromatic rings. The lowest BCUT2D eigenvalue weighted by atomic mass is 9.85. The molecule has 0 aromatic carbocycles. The Kier molecular flexibility index (Phi) is 1.56. The molecular formula is C13H18N4+2. The molecule has 0 atom stereocenters. The summed E-state index contributed by atoms with van der Waals surface area (Å²) in [6, 6.07) is 0. The molecule has 4 nitrogen and oxygen atoms in total. The van der Waals surface area contributed by atoms with Gasteiger partial charge in [-0.3, -0.25) is 0 Å². The van der Waals surface area contributed by atoms with E-state index in [1.807, 2.05) is 0 Å². The number of hydrogen-bond acceptors (Lipinski definition) is 0. The summed E-state index contributed by atoms with van der Waals surface area (Å²) >= 11 is 0. The van der Waals surface area contributed by atoms with E-state index in [1.165, 1.54) is 37.6 Å². The summed E-state index contributed by atoms with van der Waals surface area (Å²) in [5.41, 5.74) is 0.433. The maximum atomic E-state index is 2.42. The van der Waals surface area contributed by atoms with Crippen LogP contribution in [0.2, 0.25) is 0 Å². The van der Waals surface area contributed by atoms with E-state index < -0.39 is 0 Å². The average molecular weight is 230 g/mol. The summed E-state index contributed by atoms with van der Waals surface area (Å²) in [5, 5.41) is 0. The van der Waals surface area contributed by atoms with Crippen LogP contribution in [0.25, 0.3) is 0 Å². The number of aryl methyl sites for hydroxylation is 2. The van der Waals surface area contributed by atoms with E-state index in [9.17, 15) is 0 Å². The van der Waals surface area contributed by atoms with Gasteiger partial charge in [-0.25, -0.2) is 18.3 Å². The first kappa shape index (κ1) is 9.45. The van der Waals surface area contributed by atoms with Gasteiger partial charge in [0.15, 0.2) is 0 Å². The normalized spacial score (nSPS) is 19.9. The van der Waals surface area contributed by atoms with Crippen LogP contribution in [0.4, 0.5) is 0 Å². The van der Waals surface area contributed by atoms with Crippen LogP contribution in [0.15, 0.2) is 24.8 Å². The molecular weight excluding hydrogens is 212 g/mol. The Morgan fingerprint density at radius 2 is 1.41 bits per heavy atom. The van der Waals surface area contributed by atoms with Gasteiger partial charge >= 0.3 is 0 Å². The van der Waals surface area contributed by atoms with E-state index in [2.05, 4.69) is 57.2 Å². The number of hydrogen-bond donors (Lipinski definition) is 0. The minimum Gasteiger partial charge on any atom is -0.237 e. The highest BCUT2D eigenvalue weighted by molar-refractivity contribution is 5.09. The van der Waals surface area contributed by atoms with Crippen molar-refractivity contribution in [1.82, 2.24) is 9.13 Å². The predicted octanol–water partition coefficient (Wildman–Crippen LogP) is -0.263. The molecule has 17 heavy (non-hydrogen) atoms. The van der Waals surface area contributed by atoms with Gasteiger partial charge in [-0.15, -0.1) is 0 Å². The highest BCUT2D eigenvalue weighted by atomic mass is 15.2. The van der Waals surface area contributed by atoms with Crippen molar-refractivity contribution in [2.75, 3.05) is 0 Å². The van der Waals surface area contributed by atoms with Crippen molar-refractivity contribution in [2.24, 2.45) is 19.5 Å². The molecule has 0 radical (unpaired) electrons. The lowest BCUT2D eigenvalue weighted by molar-refractivity contribution is -0.679. The summed E-state index contributed by atoms with van der Waals surface area (Å²) in [5.74, 6) is 2.94. The Balaban J connectivity index is 1.72. The van der Waals surface area contributed by atoms with Crippen molar-refractivity contribution in [2.45, 2.75) is 25.9 Å². The molecule has 2 aromatic heterocycles. The van der Waals surface area contributed by atoms with Crippen LogP contribution in [-0.4, -0.2) is 9.13 Å². The van der Waals surface area contributed by atoms with E-state index in [1.54, 1.807) is 0 Å². The van der Waals surface area contributed by atoms with Crippen LogP contribution in [-0.2, 0) is 40.0 Å². The van der Waals surface area contributed by atoms with Gasteiger partial charge in [0.2, 0.25) is 0 Å². The number of imidazole rings is 2. The van der Waals surface area contributed by atoms with Crippen LogP contribution >= 0.6 is 0 Å². The molecule has 0 N–H and O–H groups in total. The summed E-state index contributed by atoms with van der Waals surface area (Å²) in [4.78, 5) is 0. The molecule has 0 saturated carbocycles. The van der Waals surface area contributed by atoms with Gasteiger partial charge in [-0.05, 0) is 0 Å². The monoisotopic (exact) mass is 230 g/mol. The lowest BCUT2D eigenvalue weighted by Gasteiger charge is -2.14. The summed E-state index contributed by atoms with van der Waals surface area (Å²) in [6.45, 7) is 2.34. The molecule has 2 aliphatic heterocycles. The lowest BCUT2D eigenvalue weighted by Crippen LogP contribution is -2.34. The molecule has 0 amide bonds. The fourth-order valence-corrected chi connectivity index (χ4v) is 3.58. The first-order valence-corrected chi connectivity index (χ1v) is 6.24. The van der Waals surface area contributed by atoms with Gasteiger partial charge in [0, 0.05) is 0 Å². The smallest absolute Gasteiger partial charge is 0.237 e. The van der Waals surface area contributed by atoms with Gasteiger partial charge in [-0.2, -0.15) is 0 Å². The van der Waals surface area contributed by atoms with Gasteiger partial charge in [0.05, 0.1) is 32.4 Å². The van der Waals surface area contributed by atoms with E-state index in [-0.39, 0.29) is 0 Å². The Morgan fingerprint density at radius 3 is 1.82 bits per heavy atom. The van der Waals surface area contributed by atoms with E-state index in [4.69, 9.17) is 0 Å². The maximum absolute atomic E-state index is 2.42. The van der Waals surface area contributed by atoms with Crippen molar-refractivity contribution >= 4 is 0 Å². The molecule has 0 unspecified atom stereocenters. The highest BCUT2D eigenvalue weighted by Gasteiger charge is 2.51. The van der Waals surface area contributed by atoms with Crippen molar-refractivity contribution in [3.63, 3.8) is 0 Å². The Labute approximate surface area is 101 Å². The first-order valence-electron chi connectivity index (χ1n) is 6.24. The highest BCUT2D eigenvalue weighted by Crippen LogP contribution is 2.39. The Morgan fingerprint density at radius 1 is 0.941 bits per heavy atom. The molecule has 0 bridgehead atoms. The second-order valence-electron chi connectivity index (χ2n) is 5.76. The molecule has 2 aliphatic rings. The molecule has 1 spiro atoms. The van der Waals surface area contributed by atoms with Crippen molar-refractivity contribution in [1.29, 1.82) is 0 Å². The number of fused-ring (bicyclic) bond motifs is 2. The van der Waals surface area contributed by atoms with Gasteiger partial charge < -0.3 is 0 Å². The summed E-state index contributed by atoms with van der Waals surface area (Å²) < 4.78 is 9.38. The largest absolute Gasteiger partial charge is 0.257 e. The zero-order valence-electron chi connectivity index (χ0n) is 10.4. The Bertz CT molecular complexity index is 551. The average Bonchev–Trinajstić information content (AvgIpc) is 2.98. The zero-order valence-corrected chi connectivity index (χ0v) is 10.4. The third kappa shape index (κ3) is 1.13. The van der Waals surface area contributed by atoms with Gasteiger partial charge in [0.1, 0.15) is 37.9 Å². The van der Waals surface area contributed by atoms with E-state index in [0.29, 0.717) is 5.41 Å². The third-order valence-electron chi connectivity index (χ3n) is 4.50. The predicted molar refractivity (Wildman–Crippen MR) is 61.1 cm³/mol.